The van der Waals surface area contributed by atoms with Crippen LogP contribution in [0, 0.1) is 17.6 Å². The maximum Gasteiger partial charge on any atom is 0.326 e. The smallest absolute Gasteiger partial charge is 0.326 e. The minimum atomic E-state index is -0.984. The molecule has 3 aliphatic heterocycles. The highest BCUT2D eigenvalue weighted by molar-refractivity contribution is 6.02. The van der Waals surface area contributed by atoms with Crippen molar-refractivity contribution in [2.75, 3.05) is 31.1 Å². The van der Waals surface area contributed by atoms with Gasteiger partial charge in [0.2, 0.25) is 0 Å². The van der Waals surface area contributed by atoms with Crippen LogP contribution < -0.4 is 9.64 Å². The van der Waals surface area contributed by atoms with Crippen LogP contribution >= 0.6 is 0 Å². The number of aromatic nitrogens is 3. The summed E-state index contributed by atoms with van der Waals surface area (Å²) in [4.78, 5) is 29.9. The Kier molecular flexibility index (Phi) is 7.03. The highest BCUT2D eigenvalue weighted by atomic mass is 19.1. The van der Waals surface area contributed by atoms with E-state index < -0.39 is 23.6 Å². The summed E-state index contributed by atoms with van der Waals surface area (Å²) in [7, 11) is 0. The van der Waals surface area contributed by atoms with E-state index in [9.17, 15) is 19.4 Å². The van der Waals surface area contributed by atoms with Gasteiger partial charge in [-0.3, -0.25) is 9.88 Å². The minimum absolute atomic E-state index is 0.0265. The van der Waals surface area contributed by atoms with Crippen molar-refractivity contribution in [2.45, 2.75) is 64.0 Å². The van der Waals surface area contributed by atoms with Gasteiger partial charge >= 0.3 is 12.0 Å². The van der Waals surface area contributed by atoms with Gasteiger partial charge in [0.15, 0.2) is 5.82 Å². The first-order valence-electron chi connectivity index (χ1n) is 15.4. The van der Waals surface area contributed by atoms with Crippen LogP contribution in [0.15, 0.2) is 30.5 Å². The van der Waals surface area contributed by atoms with Crippen LogP contribution in [0.1, 0.15) is 51.5 Å². The van der Waals surface area contributed by atoms with Gasteiger partial charge in [-0.25, -0.2) is 13.6 Å². The Balaban J connectivity index is 1.39. The van der Waals surface area contributed by atoms with Gasteiger partial charge in [0.1, 0.15) is 41.2 Å². The van der Waals surface area contributed by atoms with Gasteiger partial charge in [-0.1, -0.05) is 19.9 Å². The van der Waals surface area contributed by atoms with Crippen molar-refractivity contribution in [3.05, 3.63) is 47.7 Å². The molecular weight excluding hydrogens is 568 g/mol. The number of carboxylic acids is 1. The number of phenolic OH excluding ortho intramolecular Hbond substituents is 1. The van der Waals surface area contributed by atoms with E-state index in [0.717, 1.165) is 32.4 Å². The predicted molar refractivity (Wildman–Crippen MR) is 162 cm³/mol. The number of fused-ring (bicyclic) bond motifs is 3. The number of carboxylic acid groups (broad SMARTS) is 1. The molecule has 0 bridgehead atoms. The molecule has 0 radical (unpaired) electrons. The Morgan fingerprint density at radius 2 is 2.02 bits per heavy atom. The van der Waals surface area contributed by atoms with Gasteiger partial charge in [-0.2, -0.15) is 9.97 Å². The number of nitrogens with zero attached hydrogens (tertiary/aromatic N) is 5. The van der Waals surface area contributed by atoms with E-state index in [0.29, 0.717) is 54.7 Å². The largest absolute Gasteiger partial charge is 0.508 e. The lowest BCUT2D eigenvalue weighted by Crippen LogP contribution is -2.43. The molecule has 0 spiro atoms. The zero-order valence-corrected chi connectivity index (χ0v) is 24.8. The topological polar surface area (TPSA) is 112 Å². The number of hydrogen-bond acceptors (Lipinski definition) is 8. The molecule has 3 fully saturated rings. The highest BCUT2D eigenvalue weighted by Crippen LogP contribution is 2.43. The lowest BCUT2D eigenvalue weighted by atomic mass is 9.92. The Bertz CT molecular complexity index is 1800. The average Bonchev–Trinajstić information content (AvgIpc) is 3.71. The summed E-state index contributed by atoms with van der Waals surface area (Å²) < 4.78 is 37.9. The fourth-order valence-corrected chi connectivity index (χ4v) is 7.82. The number of ether oxygens (including phenoxy) is 1. The molecule has 9 nitrogen and oxygen atoms in total. The third-order valence-electron chi connectivity index (χ3n) is 9.69. The molecule has 3 saturated heterocycles. The molecule has 4 aromatic rings. The zero-order chi connectivity index (χ0) is 30.7. The third-order valence-corrected chi connectivity index (χ3v) is 9.69. The van der Waals surface area contributed by atoms with Crippen molar-refractivity contribution >= 4 is 33.5 Å². The van der Waals surface area contributed by atoms with Gasteiger partial charge in [0, 0.05) is 24.8 Å². The first kappa shape index (κ1) is 28.6. The summed E-state index contributed by atoms with van der Waals surface area (Å²) in [6.45, 7) is 6.83. The lowest BCUT2D eigenvalue weighted by Gasteiger charge is -2.31. The van der Waals surface area contributed by atoms with Crippen LogP contribution in [-0.4, -0.2) is 73.9 Å². The van der Waals surface area contributed by atoms with Crippen LogP contribution in [-0.2, 0) is 11.2 Å². The van der Waals surface area contributed by atoms with Gasteiger partial charge in [0.25, 0.3) is 0 Å². The van der Waals surface area contributed by atoms with Gasteiger partial charge in [-0.05, 0) is 85.5 Å². The predicted octanol–water partition coefficient (Wildman–Crippen LogP) is 5.70. The van der Waals surface area contributed by atoms with Gasteiger partial charge < -0.3 is 19.8 Å². The average molecular weight is 604 g/mol. The Morgan fingerprint density at radius 1 is 1.18 bits per heavy atom. The number of carbonyl (C=O) groups is 1. The Labute approximate surface area is 253 Å². The number of benzene rings is 2. The van der Waals surface area contributed by atoms with Crippen molar-refractivity contribution < 1.29 is 28.5 Å². The zero-order valence-electron chi connectivity index (χ0n) is 24.8. The second-order valence-corrected chi connectivity index (χ2v) is 12.5. The number of aliphatic carboxylic acids is 1. The molecule has 0 saturated carbocycles. The van der Waals surface area contributed by atoms with Gasteiger partial charge in [-0.15, -0.1) is 0 Å². The minimum Gasteiger partial charge on any atom is -0.508 e. The van der Waals surface area contributed by atoms with Crippen molar-refractivity contribution in [3.63, 3.8) is 0 Å². The molecule has 230 valence electrons. The summed E-state index contributed by atoms with van der Waals surface area (Å²) in [6.07, 6.45) is 5.92. The second-order valence-electron chi connectivity index (χ2n) is 12.5. The van der Waals surface area contributed by atoms with Crippen LogP contribution in [0.5, 0.6) is 11.8 Å². The molecule has 3 aliphatic rings. The van der Waals surface area contributed by atoms with Crippen molar-refractivity contribution in [1.29, 1.82) is 0 Å². The molecule has 2 aromatic carbocycles. The number of hydrogen-bond donors (Lipinski definition) is 2. The Hall–Kier alpha value is -4.12. The van der Waals surface area contributed by atoms with E-state index in [-0.39, 0.29) is 45.3 Å². The molecule has 11 heteroatoms. The number of aromatic hydroxyl groups is 1. The van der Waals surface area contributed by atoms with E-state index in [1.807, 2.05) is 6.92 Å². The molecule has 0 unspecified atom stereocenters. The van der Waals surface area contributed by atoms with Crippen molar-refractivity contribution in [2.24, 2.45) is 5.92 Å². The maximum atomic E-state index is 16.7. The van der Waals surface area contributed by atoms with Crippen LogP contribution in [0.25, 0.3) is 32.9 Å². The van der Waals surface area contributed by atoms with Crippen LogP contribution in [0.3, 0.4) is 0 Å². The number of rotatable bonds is 7. The van der Waals surface area contributed by atoms with Crippen LogP contribution in [0.2, 0.25) is 0 Å². The first-order chi connectivity index (χ1) is 21.2. The monoisotopic (exact) mass is 603 g/mol. The summed E-state index contributed by atoms with van der Waals surface area (Å²) in [5.41, 5.74) is 0.327. The molecule has 7 rings (SSSR count). The van der Waals surface area contributed by atoms with E-state index in [1.54, 1.807) is 11.0 Å². The quantitative estimate of drug-likeness (QED) is 0.275. The number of pyridine rings is 1. The van der Waals surface area contributed by atoms with Crippen molar-refractivity contribution in [1.82, 2.24) is 19.9 Å². The molecule has 5 heterocycles. The molecule has 44 heavy (non-hydrogen) atoms. The molecule has 2 N–H and O–H groups in total. The second kappa shape index (κ2) is 10.8. The highest BCUT2D eigenvalue weighted by Gasteiger charge is 2.48. The maximum absolute atomic E-state index is 16.7. The Morgan fingerprint density at radius 3 is 2.82 bits per heavy atom. The van der Waals surface area contributed by atoms with E-state index in [2.05, 4.69) is 26.8 Å². The van der Waals surface area contributed by atoms with Gasteiger partial charge in [0.05, 0.1) is 10.9 Å². The number of anilines is 1. The molecule has 0 amide bonds. The number of halogens is 2. The van der Waals surface area contributed by atoms with Crippen molar-refractivity contribution in [3.8, 4) is 23.0 Å². The molecular formula is C33H35F2N5O4. The SMILES string of the molecule is CCc1c(F)ccc2cc(O)cc(-c3ncc4c(N5CCC[C@H]5C(=O)O)nc(OC[C@@]56CCCN5C[C@H](C)C6)nc4c3F)c12. The summed E-state index contributed by atoms with van der Waals surface area (Å²) in [6, 6.07) is 4.93. The standard InChI is InChI=1S/C33H35F2N5O4/c1-3-21-24(34)8-7-19-12-20(41)13-22(26(19)21)28-27(35)29-23(15-36-28)30(40-11-4-6-25(40)31(42)43)38-32(37-29)44-17-33-9-5-10-39(33)16-18(2)14-33/h7-8,12-13,15,18,25,41H,3-6,9-11,14,16-17H2,1-2H3,(H,42,43)/t18-,25+,33+/m1/s1. The first-order valence-corrected chi connectivity index (χ1v) is 15.4. The van der Waals surface area contributed by atoms with Crippen LogP contribution in [0.4, 0.5) is 14.6 Å². The fraction of sp³-hybridized carbons (Fsp3) is 0.455. The summed E-state index contributed by atoms with van der Waals surface area (Å²) in [5.74, 6) is -1.51. The van der Waals surface area contributed by atoms with E-state index >= 15 is 4.39 Å². The number of aryl methyl sites for hydroxylation is 1. The third kappa shape index (κ3) is 4.60. The normalized spacial score (nSPS) is 23.6. The summed E-state index contributed by atoms with van der Waals surface area (Å²) in [5, 5.41) is 21.7. The molecule has 0 aliphatic carbocycles. The van der Waals surface area contributed by atoms with E-state index in [4.69, 9.17) is 4.74 Å². The summed E-state index contributed by atoms with van der Waals surface area (Å²) >= 11 is 0. The fourth-order valence-electron chi connectivity index (χ4n) is 7.82. The molecule has 2 aromatic heterocycles. The molecule has 3 atom stereocenters. The number of phenols is 1. The lowest BCUT2D eigenvalue weighted by molar-refractivity contribution is -0.138. The van der Waals surface area contributed by atoms with E-state index in [1.165, 1.54) is 24.4 Å².